The number of sulfonamides is 1. The second kappa shape index (κ2) is 11.5. The molecule has 2 aromatic rings. The summed E-state index contributed by atoms with van der Waals surface area (Å²) in [5, 5.41) is 5.52. The molecule has 0 heterocycles. The van der Waals surface area contributed by atoms with Gasteiger partial charge in [-0.25, -0.2) is 8.42 Å². The average molecular weight is 464 g/mol. The maximum atomic E-state index is 12.6. The standard InChI is InChI=1S/C22H29N3O6S/c1-16(31-18-12-10-17(11-13-18)25(2)32(4,28)29)21(26)24-20-9-6-5-8-19(20)22(27)23-14-7-15-30-3/h5-6,8-13,16H,7,14-15H2,1-4H3,(H,23,27)(H,24,26). The van der Waals surface area contributed by atoms with Crippen LogP contribution in [0, 0.1) is 0 Å². The van der Waals surface area contributed by atoms with Crippen LogP contribution in [-0.2, 0) is 19.6 Å². The maximum absolute atomic E-state index is 12.6. The quantitative estimate of drug-likeness (QED) is 0.494. The number of rotatable bonds is 11. The number of nitrogens with zero attached hydrogens (tertiary/aromatic N) is 1. The van der Waals surface area contributed by atoms with E-state index < -0.39 is 22.0 Å². The van der Waals surface area contributed by atoms with Crippen molar-refractivity contribution in [2.45, 2.75) is 19.4 Å². The molecule has 0 aliphatic rings. The summed E-state index contributed by atoms with van der Waals surface area (Å²) < 4.78 is 35.0. The van der Waals surface area contributed by atoms with Crippen molar-refractivity contribution >= 4 is 33.2 Å². The molecule has 0 saturated carbocycles. The third-order valence-electron chi connectivity index (χ3n) is 4.62. The van der Waals surface area contributed by atoms with Crippen molar-refractivity contribution in [2.75, 3.05) is 43.2 Å². The lowest BCUT2D eigenvalue weighted by Crippen LogP contribution is -2.32. The van der Waals surface area contributed by atoms with Crippen LogP contribution in [0.4, 0.5) is 11.4 Å². The Kier molecular flexibility index (Phi) is 9.03. The number of amides is 2. The molecule has 1 unspecified atom stereocenters. The fourth-order valence-electron chi connectivity index (χ4n) is 2.72. The van der Waals surface area contributed by atoms with Gasteiger partial charge >= 0.3 is 0 Å². The molecule has 174 valence electrons. The zero-order valence-corrected chi connectivity index (χ0v) is 19.4. The molecule has 0 spiro atoms. The molecule has 2 aromatic carbocycles. The minimum absolute atomic E-state index is 0.295. The number of carbonyl (C=O) groups is 2. The molecule has 2 rings (SSSR count). The summed E-state index contributed by atoms with van der Waals surface area (Å²) in [7, 11) is -0.324. The van der Waals surface area contributed by atoms with Crippen LogP contribution < -0.4 is 19.7 Å². The summed E-state index contributed by atoms with van der Waals surface area (Å²) in [6, 6.07) is 13.1. The van der Waals surface area contributed by atoms with Crippen LogP contribution in [0.5, 0.6) is 5.75 Å². The number of benzene rings is 2. The van der Waals surface area contributed by atoms with Gasteiger partial charge in [-0.15, -0.1) is 0 Å². The van der Waals surface area contributed by atoms with E-state index >= 15 is 0 Å². The summed E-state index contributed by atoms with van der Waals surface area (Å²) in [6.07, 6.45) is 0.938. The van der Waals surface area contributed by atoms with E-state index in [0.717, 1.165) is 10.6 Å². The van der Waals surface area contributed by atoms with Crippen molar-refractivity contribution in [1.29, 1.82) is 0 Å². The van der Waals surface area contributed by atoms with Gasteiger partial charge in [-0.2, -0.15) is 0 Å². The van der Waals surface area contributed by atoms with Crippen molar-refractivity contribution < 1.29 is 27.5 Å². The highest BCUT2D eigenvalue weighted by atomic mass is 32.2. The van der Waals surface area contributed by atoms with Crippen LogP contribution in [0.25, 0.3) is 0 Å². The zero-order chi connectivity index (χ0) is 23.7. The number of carbonyl (C=O) groups excluding carboxylic acids is 2. The maximum Gasteiger partial charge on any atom is 0.265 e. The van der Waals surface area contributed by atoms with Gasteiger partial charge in [-0.05, 0) is 49.7 Å². The number of hydrogen-bond donors (Lipinski definition) is 2. The number of methoxy groups -OCH3 is 1. The lowest BCUT2D eigenvalue weighted by Gasteiger charge is -2.19. The van der Waals surface area contributed by atoms with Crippen molar-refractivity contribution in [1.82, 2.24) is 5.32 Å². The molecule has 2 amide bonds. The second-order valence-corrected chi connectivity index (χ2v) is 9.14. The molecule has 0 aliphatic heterocycles. The van der Waals surface area contributed by atoms with Gasteiger partial charge in [-0.3, -0.25) is 13.9 Å². The van der Waals surface area contributed by atoms with E-state index in [1.807, 2.05) is 0 Å². The van der Waals surface area contributed by atoms with Crippen LogP contribution in [0.2, 0.25) is 0 Å². The van der Waals surface area contributed by atoms with Gasteiger partial charge in [0.15, 0.2) is 6.10 Å². The van der Waals surface area contributed by atoms with Gasteiger partial charge in [0.05, 0.1) is 23.2 Å². The molecule has 32 heavy (non-hydrogen) atoms. The zero-order valence-electron chi connectivity index (χ0n) is 18.6. The summed E-state index contributed by atoms with van der Waals surface area (Å²) in [5.74, 6) is -0.319. The molecule has 0 fully saturated rings. The Labute approximate surface area is 188 Å². The fourth-order valence-corrected chi connectivity index (χ4v) is 3.23. The lowest BCUT2D eigenvalue weighted by molar-refractivity contribution is -0.122. The number of para-hydroxylation sites is 1. The molecule has 1 atom stereocenters. The average Bonchev–Trinajstić information content (AvgIpc) is 2.76. The van der Waals surface area contributed by atoms with Crippen LogP contribution in [0.15, 0.2) is 48.5 Å². The van der Waals surface area contributed by atoms with Crippen LogP contribution >= 0.6 is 0 Å². The Bertz CT molecular complexity index is 1020. The Morgan fingerprint density at radius 1 is 1.09 bits per heavy atom. The predicted octanol–water partition coefficient (Wildman–Crippen LogP) is 2.25. The Hall–Kier alpha value is -3.11. The highest BCUT2D eigenvalue weighted by molar-refractivity contribution is 7.92. The van der Waals surface area contributed by atoms with E-state index in [0.29, 0.717) is 42.3 Å². The molecule has 2 N–H and O–H groups in total. The van der Waals surface area contributed by atoms with Crippen LogP contribution in [-0.4, -0.2) is 59.9 Å². The van der Waals surface area contributed by atoms with E-state index in [1.54, 1.807) is 62.6 Å². The van der Waals surface area contributed by atoms with Gasteiger partial charge in [0.25, 0.3) is 11.8 Å². The number of anilines is 2. The van der Waals surface area contributed by atoms with Gasteiger partial charge in [0.1, 0.15) is 5.75 Å². The first-order chi connectivity index (χ1) is 15.1. The summed E-state index contributed by atoms with van der Waals surface area (Å²) in [4.78, 5) is 25.1. The van der Waals surface area contributed by atoms with Gasteiger partial charge < -0.3 is 20.1 Å². The summed E-state index contributed by atoms with van der Waals surface area (Å²) in [6.45, 7) is 2.58. The van der Waals surface area contributed by atoms with Crippen molar-refractivity contribution in [3.8, 4) is 5.75 Å². The van der Waals surface area contributed by atoms with Crippen LogP contribution in [0.1, 0.15) is 23.7 Å². The largest absolute Gasteiger partial charge is 0.481 e. The van der Waals surface area contributed by atoms with Gasteiger partial charge in [-0.1, -0.05) is 12.1 Å². The molecular formula is C22H29N3O6S. The van der Waals surface area contributed by atoms with Crippen molar-refractivity contribution in [3.05, 3.63) is 54.1 Å². The second-order valence-electron chi connectivity index (χ2n) is 7.12. The number of nitrogens with one attached hydrogen (secondary N) is 2. The molecule has 0 bridgehead atoms. The lowest BCUT2D eigenvalue weighted by atomic mass is 10.1. The number of hydrogen-bond acceptors (Lipinski definition) is 6. The minimum atomic E-state index is -3.37. The SMILES string of the molecule is COCCCNC(=O)c1ccccc1NC(=O)C(C)Oc1ccc(N(C)S(C)(=O)=O)cc1. The Morgan fingerprint density at radius 2 is 1.75 bits per heavy atom. The molecule has 0 aliphatic carbocycles. The first-order valence-corrected chi connectivity index (χ1v) is 11.9. The molecule has 9 nitrogen and oxygen atoms in total. The topological polar surface area (TPSA) is 114 Å². The number of ether oxygens (including phenoxy) is 2. The van der Waals surface area contributed by atoms with E-state index in [-0.39, 0.29) is 5.91 Å². The summed E-state index contributed by atoms with van der Waals surface area (Å²) in [5.41, 5.74) is 1.20. The molecule has 0 radical (unpaired) electrons. The van der Waals surface area contributed by atoms with E-state index in [1.165, 1.54) is 7.05 Å². The van der Waals surface area contributed by atoms with E-state index in [4.69, 9.17) is 9.47 Å². The molecule has 0 aromatic heterocycles. The molecule has 0 saturated heterocycles. The summed E-state index contributed by atoms with van der Waals surface area (Å²) >= 11 is 0. The molecular weight excluding hydrogens is 434 g/mol. The van der Waals surface area contributed by atoms with E-state index in [2.05, 4.69) is 10.6 Å². The first kappa shape index (κ1) is 25.2. The monoisotopic (exact) mass is 463 g/mol. The highest BCUT2D eigenvalue weighted by Gasteiger charge is 2.19. The highest BCUT2D eigenvalue weighted by Crippen LogP contribution is 2.22. The Morgan fingerprint density at radius 3 is 2.38 bits per heavy atom. The Balaban J connectivity index is 2.00. The van der Waals surface area contributed by atoms with Crippen molar-refractivity contribution in [2.24, 2.45) is 0 Å². The molecule has 10 heteroatoms. The predicted molar refractivity (Wildman–Crippen MR) is 124 cm³/mol. The first-order valence-electron chi connectivity index (χ1n) is 10.0. The van der Waals surface area contributed by atoms with E-state index in [9.17, 15) is 18.0 Å². The van der Waals surface area contributed by atoms with Gasteiger partial charge in [0.2, 0.25) is 10.0 Å². The third-order valence-corrected chi connectivity index (χ3v) is 5.83. The van der Waals surface area contributed by atoms with Crippen molar-refractivity contribution in [3.63, 3.8) is 0 Å². The minimum Gasteiger partial charge on any atom is -0.481 e. The van der Waals surface area contributed by atoms with Gasteiger partial charge in [0, 0.05) is 27.3 Å². The third kappa shape index (κ3) is 7.24. The normalized spacial score (nSPS) is 12.0. The fraction of sp³-hybridized carbons (Fsp3) is 0.364. The van der Waals surface area contributed by atoms with Crippen LogP contribution in [0.3, 0.4) is 0 Å². The smallest absolute Gasteiger partial charge is 0.265 e.